The summed E-state index contributed by atoms with van der Waals surface area (Å²) in [5.74, 6) is 0. The molecule has 34 valence electrons. The van der Waals surface area contributed by atoms with Gasteiger partial charge in [0, 0.05) is 14.5 Å². The van der Waals surface area contributed by atoms with E-state index in [1.54, 1.807) is 4.90 Å². The van der Waals surface area contributed by atoms with E-state index in [9.17, 15) is 0 Å². The van der Waals surface area contributed by atoms with Crippen molar-refractivity contribution < 1.29 is 4.11 Å². The van der Waals surface area contributed by atoms with Crippen molar-refractivity contribution in [1.29, 1.82) is 0 Å². The minimum Gasteiger partial charge on any atom is -0.299 e. The van der Waals surface area contributed by atoms with Crippen molar-refractivity contribution >= 4 is 0 Å². The van der Waals surface area contributed by atoms with Crippen LogP contribution in [0.1, 0.15) is 4.11 Å². The van der Waals surface area contributed by atoms with E-state index in [1.165, 1.54) is 0 Å². The average molecular weight is 87.2 g/mol. The summed E-state index contributed by atoms with van der Waals surface area (Å²) in [4.78, 5) is 1.74. The average Bonchev–Trinajstić information content (AvgIpc) is 2.13. The van der Waals surface area contributed by atoms with E-state index in [2.05, 4.69) is 0 Å². The Bertz CT molecular complexity index is 129. The van der Waals surface area contributed by atoms with Gasteiger partial charge < -0.3 is 0 Å². The van der Waals surface area contributed by atoms with Gasteiger partial charge in [-0.1, -0.05) is 12.1 Å². The molecular weight excluding hydrogens is 74.1 g/mol. The molecule has 0 saturated heterocycles. The molecule has 0 bridgehead atoms. The molecule has 0 fully saturated rings. The van der Waals surface area contributed by atoms with Crippen LogP contribution in [-0.4, -0.2) is 25.0 Å². The molecule has 0 unspecified atom stereocenters. The Morgan fingerprint density at radius 3 is 3.00 bits per heavy atom. The van der Waals surface area contributed by atoms with Crippen LogP contribution in [-0.2, 0) is 0 Å². The third-order valence-electron chi connectivity index (χ3n) is 0.730. The smallest absolute Gasteiger partial charge is 0.0587 e. The number of likely N-dealkylation sites (N-methyl/N-ethyl adjacent to an activating group) is 1. The summed E-state index contributed by atoms with van der Waals surface area (Å²) in [6, 6.07) is 0.726. The first kappa shape index (κ1) is 1.66. The van der Waals surface area contributed by atoms with E-state index < -0.39 is 0 Å². The standard InChI is InChI=1S/C5H9N/c1-6-4-2-3-5-6/h2-3H,4-5H2,1H3/i1T,2D,3D. The predicted molar refractivity (Wildman–Crippen MR) is 26.6 cm³/mol. The Hall–Kier alpha value is -0.300. The van der Waals surface area contributed by atoms with E-state index in [0.717, 1.165) is 0 Å². The van der Waals surface area contributed by atoms with Crippen molar-refractivity contribution in [3.05, 3.63) is 12.1 Å². The molecule has 0 amide bonds. The van der Waals surface area contributed by atoms with Crippen LogP contribution in [0.5, 0.6) is 0 Å². The van der Waals surface area contributed by atoms with Crippen molar-refractivity contribution in [3.8, 4) is 0 Å². The van der Waals surface area contributed by atoms with Gasteiger partial charge in [-0.15, -0.1) is 0 Å². The van der Waals surface area contributed by atoms with Crippen LogP contribution in [0, 0.1) is 0 Å². The van der Waals surface area contributed by atoms with Crippen molar-refractivity contribution in [2.75, 3.05) is 20.1 Å². The molecule has 1 heteroatoms. The van der Waals surface area contributed by atoms with Crippen molar-refractivity contribution in [2.45, 2.75) is 0 Å². The second-order valence-electron chi connectivity index (χ2n) is 1.34. The molecular formula is C5H9N. The molecule has 0 spiro atoms. The Labute approximate surface area is 42.5 Å². The normalized spacial score (nSPS) is 33.0. The summed E-state index contributed by atoms with van der Waals surface area (Å²) < 4.78 is 21.2. The number of rotatable bonds is 0. The third kappa shape index (κ3) is 0.601. The Morgan fingerprint density at radius 1 is 2.00 bits per heavy atom. The molecule has 1 nitrogen and oxygen atoms in total. The van der Waals surface area contributed by atoms with E-state index in [4.69, 9.17) is 4.11 Å². The van der Waals surface area contributed by atoms with Crippen molar-refractivity contribution in [2.24, 2.45) is 0 Å². The van der Waals surface area contributed by atoms with Gasteiger partial charge in [-0.05, 0) is 7.02 Å². The van der Waals surface area contributed by atoms with Gasteiger partial charge in [0.2, 0.25) is 0 Å². The summed E-state index contributed by atoms with van der Waals surface area (Å²) in [5.41, 5.74) is 0. The zero-order chi connectivity index (χ0) is 6.85. The van der Waals surface area contributed by atoms with Crippen molar-refractivity contribution in [3.63, 3.8) is 0 Å². The maximum Gasteiger partial charge on any atom is 0.0587 e. The van der Waals surface area contributed by atoms with Gasteiger partial charge in [0.25, 0.3) is 0 Å². The summed E-state index contributed by atoms with van der Waals surface area (Å²) in [6.07, 6.45) is 0. The quantitative estimate of drug-likeness (QED) is 0.389. The zero-order valence-electron chi connectivity index (χ0n) is 6.57. The lowest BCUT2D eigenvalue weighted by molar-refractivity contribution is 0.435. The van der Waals surface area contributed by atoms with Gasteiger partial charge in [-0.3, -0.25) is 4.90 Å². The molecule has 0 N–H and O–H groups in total. The highest BCUT2D eigenvalue weighted by atomic mass is 15.1. The number of hydrogen-bond donors (Lipinski definition) is 0. The highest BCUT2D eigenvalue weighted by Crippen LogP contribution is 1.91. The third-order valence-corrected chi connectivity index (χ3v) is 0.730. The van der Waals surface area contributed by atoms with Gasteiger partial charge in [-0.2, -0.15) is 0 Å². The highest BCUT2D eigenvalue weighted by molar-refractivity contribution is 4.93. The molecule has 0 aromatic rings. The molecule has 0 radical (unpaired) electrons. The second-order valence-corrected chi connectivity index (χ2v) is 1.34. The van der Waals surface area contributed by atoms with Crippen LogP contribution in [0.3, 0.4) is 0 Å². The van der Waals surface area contributed by atoms with Gasteiger partial charge in [0.05, 0.1) is 2.74 Å². The minimum absolute atomic E-state index is 0.199. The maximum atomic E-state index is 7.14. The summed E-state index contributed by atoms with van der Waals surface area (Å²) in [7, 11) is 0.199. The predicted octanol–water partition coefficient (Wildman–Crippen LogP) is 0.488. The van der Waals surface area contributed by atoms with E-state index in [-0.39, 0.29) is 7.02 Å². The van der Waals surface area contributed by atoms with E-state index in [1.807, 2.05) is 0 Å². The van der Waals surface area contributed by atoms with Crippen LogP contribution >= 0.6 is 0 Å². The first-order chi connectivity index (χ1) is 4.24. The number of nitrogens with zero attached hydrogens (tertiary/aromatic N) is 1. The van der Waals surface area contributed by atoms with Crippen LogP contribution < -0.4 is 0 Å². The molecule has 0 saturated carbocycles. The molecule has 1 heterocycles. The second kappa shape index (κ2) is 1.43. The van der Waals surface area contributed by atoms with E-state index >= 15 is 0 Å². The van der Waals surface area contributed by atoms with Crippen LogP contribution in [0.4, 0.5) is 0 Å². The lowest BCUT2D eigenvalue weighted by Crippen LogP contribution is -2.11. The van der Waals surface area contributed by atoms with Gasteiger partial charge in [-0.25, -0.2) is 0 Å². The first-order valence-corrected chi connectivity index (χ1v) is 1.91. The summed E-state index contributed by atoms with van der Waals surface area (Å²) in [5, 5.41) is 0. The fourth-order valence-corrected chi connectivity index (χ4v) is 0.391. The molecule has 1 aliphatic heterocycles. The van der Waals surface area contributed by atoms with E-state index in [0.29, 0.717) is 25.2 Å². The summed E-state index contributed by atoms with van der Waals surface area (Å²) in [6.45, 7) is 0.977. The summed E-state index contributed by atoms with van der Waals surface area (Å²) >= 11 is 0. The molecule has 1 rings (SSSR count). The Balaban J connectivity index is 2.48. The number of hydrogen-bond acceptors (Lipinski definition) is 1. The fourth-order valence-electron chi connectivity index (χ4n) is 0.391. The minimum atomic E-state index is 0.199. The highest BCUT2D eigenvalue weighted by Gasteiger charge is 1.94. The molecule has 1 aliphatic rings. The molecule has 0 aromatic carbocycles. The van der Waals surface area contributed by atoms with Crippen LogP contribution in [0.2, 0.25) is 0 Å². The first-order valence-electron chi connectivity index (χ1n) is 3.61. The maximum absolute atomic E-state index is 7.14. The Morgan fingerprint density at radius 2 is 2.67 bits per heavy atom. The monoisotopic (exact) mass is 87.1 g/mol. The SMILES string of the molecule is [2H]C1=C([2H])CN(C[3H])C1. The molecule has 6 heavy (non-hydrogen) atoms. The molecule has 0 aliphatic carbocycles. The van der Waals surface area contributed by atoms with Gasteiger partial charge in [0.1, 0.15) is 0 Å². The Kier molecular flexibility index (Phi) is 0.397. The lowest BCUT2D eigenvalue weighted by Gasteiger charge is -2.01. The zero-order valence-corrected chi connectivity index (χ0v) is 3.57. The van der Waals surface area contributed by atoms with Crippen LogP contribution in [0.15, 0.2) is 12.1 Å². The topological polar surface area (TPSA) is 3.24 Å². The fraction of sp³-hybridized carbons (Fsp3) is 0.600. The van der Waals surface area contributed by atoms with Gasteiger partial charge >= 0.3 is 0 Å². The van der Waals surface area contributed by atoms with Crippen molar-refractivity contribution in [1.82, 2.24) is 4.90 Å². The lowest BCUT2D eigenvalue weighted by atomic mass is 10.6. The van der Waals surface area contributed by atoms with Crippen LogP contribution in [0.25, 0.3) is 0 Å². The molecule has 0 aromatic heterocycles. The largest absolute Gasteiger partial charge is 0.299 e. The van der Waals surface area contributed by atoms with Gasteiger partial charge in [0.15, 0.2) is 0 Å². The molecule has 0 atom stereocenters.